The number of anilines is 2. The SMILES string of the molecule is COc1ccc(-c2ccc(/C=C3/C(=O)N(c4ccccc4)C(=S)N(c4ccc(C)c(C)c4)C3=O)o2)c([N+](=O)[O-])c1. The molecule has 4 aromatic rings. The topological polar surface area (TPSA) is 106 Å². The summed E-state index contributed by atoms with van der Waals surface area (Å²) in [6, 6.07) is 21.8. The Morgan fingerprint density at radius 2 is 1.57 bits per heavy atom. The summed E-state index contributed by atoms with van der Waals surface area (Å²) in [5.41, 5.74) is 2.85. The zero-order valence-electron chi connectivity index (χ0n) is 21.8. The summed E-state index contributed by atoms with van der Waals surface area (Å²) in [7, 11) is 1.42. The van der Waals surface area contributed by atoms with Gasteiger partial charge in [-0.2, -0.15) is 0 Å². The maximum absolute atomic E-state index is 13.8. The van der Waals surface area contributed by atoms with Crippen LogP contribution in [0.15, 0.2) is 88.9 Å². The van der Waals surface area contributed by atoms with E-state index in [0.717, 1.165) is 11.1 Å². The smallest absolute Gasteiger partial charge is 0.284 e. The van der Waals surface area contributed by atoms with Crippen LogP contribution in [0.4, 0.5) is 17.1 Å². The molecule has 1 aliphatic heterocycles. The number of nitro groups is 1. The van der Waals surface area contributed by atoms with Gasteiger partial charge in [0.05, 0.1) is 35.0 Å². The van der Waals surface area contributed by atoms with Crippen LogP contribution in [0.1, 0.15) is 16.9 Å². The maximum Gasteiger partial charge on any atom is 0.284 e. The lowest BCUT2D eigenvalue weighted by molar-refractivity contribution is -0.384. The Labute approximate surface area is 235 Å². The average Bonchev–Trinajstić information content (AvgIpc) is 3.42. The molecule has 10 heteroatoms. The first kappa shape index (κ1) is 26.5. The van der Waals surface area contributed by atoms with Gasteiger partial charge >= 0.3 is 0 Å². The summed E-state index contributed by atoms with van der Waals surface area (Å²) >= 11 is 5.67. The molecule has 1 aromatic heterocycles. The van der Waals surface area contributed by atoms with Crippen molar-refractivity contribution in [3.05, 3.63) is 111 Å². The van der Waals surface area contributed by atoms with Crippen LogP contribution < -0.4 is 14.5 Å². The number of thiocarbonyl (C=S) groups is 1. The van der Waals surface area contributed by atoms with Crippen molar-refractivity contribution in [3.63, 3.8) is 0 Å². The number of methoxy groups -OCH3 is 1. The molecule has 3 aromatic carbocycles. The van der Waals surface area contributed by atoms with Crippen molar-refractivity contribution in [1.82, 2.24) is 0 Å². The predicted octanol–water partition coefficient (Wildman–Crippen LogP) is 6.23. The fraction of sp³-hybridized carbons (Fsp3) is 0.100. The van der Waals surface area contributed by atoms with Crippen LogP contribution in [-0.2, 0) is 9.59 Å². The third-order valence-electron chi connectivity index (χ3n) is 6.59. The van der Waals surface area contributed by atoms with Crippen LogP contribution in [-0.4, -0.2) is 29.0 Å². The number of aryl methyl sites for hydroxylation is 2. The molecule has 0 atom stereocenters. The summed E-state index contributed by atoms with van der Waals surface area (Å²) in [5, 5.41) is 11.7. The van der Waals surface area contributed by atoms with Gasteiger partial charge in [0.25, 0.3) is 17.5 Å². The van der Waals surface area contributed by atoms with Crippen LogP contribution in [0.3, 0.4) is 0 Å². The number of ether oxygens (including phenoxy) is 1. The highest BCUT2D eigenvalue weighted by molar-refractivity contribution is 7.81. The summed E-state index contributed by atoms with van der Waals surface area (Å²) in [6.07, 6.45) is 1.33. The number of hydrogen-bond acceptors (Lipinski definition) is 7. The van der Waals surface area contributed by atoms with Gasteiger partial charge in [0.2, 0.25) is 0 Å². The van der Waals surface area contributed by atoms with Crippen molar-refractivity contribution >= 4 is 52.3 Å². The Bertz CT molecular complexity index is 1710. The first-order valence-electron chi connectivity index (χ1n) is 12.2. The van der Waals surface area contributed by atoms with E-state index >= 15 is 0 Å². The molecule has 0 bridgehead atoms. The Balaban J connectivity index is 1.60. The maximum atomic E-state index is 13.8. The van der Waals surface area contributed by atoms with Crippen LogP contribution in [0.5, 0.6) is 5.75 Å². The van der Waals surface area contributed by atoms with Crippen molar-refractivity contribution in [1.29, 1.82) is 0 Å². The average molecular weight is 554 g/mol. The summed E-state index contributed by atoms with van der Waals surface area (Å²) in [6.45, 7) is 3.89. The molecule has 0 spiro atoms. The van der Waals surface area contributed by atoms with Gasteiger partial charge in [0, 0.05) is 0 Å². The zero-order valence-corrected chi connectivity index (χ0v) is 22.6. The molecule has 0 unspecified atom stereocenters. The zero-order chi connectivity index (χ0) is 28.6. The standard InChI is InChI=1S/C30H23N3O6S/c1-18-9-10-21(15-19(18)2)32-29(35)25(28(34)31(30(32)40)20-7-5-4-6-8-20)16-23-12-14-27(39-23)24-13-11-22(38-3)17-26(24)33(36)37/h4-17H,1-3H3/b25-16-. The third kappa shape index (κ3) is 4.76. The number of carbonyl (C=O) groups is 2. The summed E-state index contributed by atoms with van der Waals surface area (Å²) in [4.78, 5) is 41.3. The Kier molecular flexibility index (Phi) is 7.02. The van der Waals surface area contributed by atoms with Gasteiger partial charge < -0.3 is 9.15 Å². The van der Waals surface area contributed by atoms with E-state index in [9.17, 15) is 19.7 Å². The second-order valence-corrected chi connectivity index (χ2v) is 9.43. The van der Waals surface area contributed by atoms with E-state index in [1.807, 2.05) is 32.0 Å². The molecular weight excluding hydrogens is 530 g/mol. The van der Waals surface area contributed by atoms with E-state index in [2.05, 4.69) is 0 Å². The van der Waals surface area contributed by atoms with E-state index in [1.165, 1.54) is 41.2 Å². The predicted molar refractivity (Wildman–Crippen MR) is 155 cm³/mol. The van der Waals surface area contributed by atoms with Crippen molar-refractivity contribution in [2.24, 2.45) is 0 Å². The van der Waals surface area contributed by atoms with E-state index in [0.29, 0.717) is 17.1 Å². The van der Waals surface area contributed by atoms with Crippen molar-refractivity contribution in [3.8, 4) is 17.1 Å². The molecule has 1 aliphatic rings. The van der Waals surface area contributed by atoms with Gasteiger partial charge in [0.15, 0.2) is 5.11 Å². The van der Waals surface area contributed by atoms with Gasteiger partial charge in [-0.3, -0.25) is 29.5 Å². The number of para-hydroxylation sites is 1. The Morgan fingerprint density at radius 3 is 2.23 bits per heavy atom. The summed E-state index contributed by atoms with van der Waals surface area (Å²) in [5.74, 6) is -0.546. The minimum Gasteiger partial charge on any atom is -0.497 e. The van der Waals surface area contributed by atoms with Gasteiger partial charge in [-0.05, 0) is 91.8 Å². The monoisotopic (exact) mass is 553 g/mol. The van der Waals surface area contributed by atoms with E-state index in [4.69, 9.17) is 21.4 Å². The fourth-order valence-corrected chi connectivity index (χ4v) is 4.72. The fourth-order valence-electron chi connectivity index (χ4n) is 4.34. The highest BCUT2D eigenvalue weighted by Gasteiger charge is 2.41. The van der Waals surface area contributed by atoms with Gasteiger partial charge in [-0.25, -0.2) is 0 Å². The number of rotatable bonds is 6. The van der Waals surface area contributed by atoms with Crippen molar-refractivity contribution in [2.45, 2.75) is 13.8 Å². The number of carbonyl (C=O) groups excluding carboxylic acids is 2. The van der Waals surface area contributed by atoms with Crippen LogP contribution >= 0.6 is 12.2 Å². The molecule has 0 radical (unpaired) electrons. The number of benzene rings is 3. The lowest BCUT2D eigenvalue weighted by Crippen LogP contribution is -2.57. The molecule has 2 heterocycles. The van der Waals surface area contributed by atoms with Crippen LogP contribution in [0, 0.1) is 24.0 Å². The number of hydrogen-bond donors (Lipinski definition) is 0. The lowest BCUT2D eigenvalue weighted by Gasteiger charge is -2.36. The first-order chi connectivity index (χ1) is 19.2. The highest BCUT2D eigenvalue weighted by Crippen LogP contribution is 2.35. The van der Waals surface area contributed by atoms with Crippen molar-refractivity contribution in [2.75, 3.05) is 16.9 Å². The molecule has 200 valence electrons. The molecule has 1 saturated heterocycles. The second-order valence-electron chi connectivity index (χ2n) is 9.07. The van der Waals surface area contributed by atoms with Crippen LogP contribution in [0.25, 0.3) is 17.4 Å². The van der Waals surface area contributed by atoms with Gasteiger partial charge in [-0.1, -0.05) is 24.3 Å². The minimum absolute atomic E-state index is 0.0237. The number of nitrogens with zero attached hydrogens (tertiary/aromatic N) is 3. The van der Waals surface area contributed by atoms with Gasteiger partial charge in [-0.15, -0.1) is 0 Å². The number of nitro benzene ring substituents is 1. The normalized spacial score (nSPS) is 14.7. The molecular formula is C30H23N3O6S. The molecule has 0 aliphatic carbocycles. The molecule has 9 nitrogen and oxygen atoms in total. The third-order valence-corrected chi connectivity index (χ3v) is 6.96. The quantitative estimate of drug-likeness (QED) is 0.0916. The Hall–Kier alpha value is -5.09. The van der Waals surface area contributed by atoms with E-state index in [-0.39, 0.29) is 33.5 Å². The van der Waals surface area contributed by atoms with E-state index in [1.54, 1.807) is 42.5 Å². The Morgan fingerprint density at radius 1 is 0.875 bits per heavy atom. The molecule has 5 rings (SSSR count). The molecule has 0 saturated carbocycles. The van der Waals surface area contributed by atoms with Crippen LogP contribution in [0.2, 0.25) is 0 Å². The lowest BCUT2D eigenvalue weighted by atomic mass is 10.1. The first-order valence-corrected chi connectivity index (χ1v) is 12.6. The molecule has 40 heavy (non-hydrogen) atoms. The number of furan rings is 1. The van der Waals surface area contributed by atoms with Crippen molar-refractivity contribution < 1.29 is 23.7 Å². The minimum atomic E-state index is -0.616. The van der Waals surface area contributed by atoms with Gasteiger partial charge in [0.1, 0.15) is 22.8 Å². The largest absolute Gasteiger partial charge is 0.497 e. The number of amides is 2. The molecule has 1 fully saturated rings. The molecule has 0 N–H and O–H groups in total. The molecule has 2 amide bonds. The summed E-state index contributed by atoms with van der Waals surface area (Å²) < 4.78 is 11.0. The van der Waals surface area contributed by atoms with E-state index < -0.39 is 16.7 Å². The highest BCUT2D eigenvalue weighted by atomic mass is 32.1. The second kappa shape index (κ2) is 10.6.